The molecule has 0 spiro atoms. The molecule has 1 unspecified atom stereocenters. The molecule has 1 aromatic heterocycles. The van der Waals surface area contributed by atoms with E-state index in [1.54, 1.807) is 12.3 Å². The topological polar surface area (TPSA) is 54.5 Å². The minimum absolute atomic E-state index is 0.0366. The molecule has 0 fully saturated rings. The number of aromatic nitrogens is 1. The van der Waals surface area contributed by atoms with E-state index >= 15 is 0 Å². The fraction of sp³-hybridized carbons (Fsp3) is 0.200. The first-order chi connectivity index (χ1) is 9.66. The molecule has 1 aromatic carbocycles. The minimum Gasteiger partial charge on any atom is -0.369 e. The Kier molecular flexibility index (Phi) is 3.10. The van der Waals surface area contributed by atoms with Gasteiger partial charge in [-0.15, -0.1) is 0 Å². The predicted octanol–water partition coefficient (Wildman–Crippen LogP) is 2.41. The van der Waals surface area contributed by atoms with Crippen LogP contribution < -0.4 is 10.6 Å². The lowest BCUT2D eigenvalue weighted by Crippen LogP contribution is -2.36. The third-order valence-corrected chi connectivity index (χ3v) is 3.51. The summed E-state index contributed by atoms with van der Waals surface area (Å²) in [7, 11) is 0. The fourth-order valence-electron chi connectivity index (χ4n) is 2.50. The summed E-state index contributed by atoms with van der Waals surface area (Å²) in [5.41, 5.74) is 8.86. The van der Waals surface area contributed by atoms with Crippen molar-refractivity contribution in [3.63, 3.8) is 0 Å². The van der Waals surface area contributed by atoms with Crippen LogP contribution in [0.5, 0.6) is 0 Å². The van der Waals surface area contributed by atoms with Crippen molar-refractivity contribution in [3.8, 4) is 0 Å². The van der Waals surface area contributed by atoms with Crippen LogP contribution >= 0.6 is 0 Å². The van der Waals surface area contributed by atoms with Gasteiger partial charge in [0.25, 0.3) is 0 Å². The molecule has 0 radical (unpaired) electrons. The molecule has 20 heavy (non-hydrogen) atoms. The zero-order chi connectivity index (χ0) is 14.1. The van der Waals surface area contributed by atoms with Gasteiger partial charge < -0.3 is 10.6 Å². The van der Waals surface area contributed by atoms with Crippen LogP contribution in [0.15, 0.2) is 47.7 Å². The number of rotatable bonds is 2. The Labute approximate surface area is 116 Å². The zero-order valence-electron chi connectivity index (χ0n) is 11.1. The van der Waals surface area contributed by atoms with E-state index in [4.69, 9.17) is 5.73 Å². The maximum atomic E-state index is 13.4. The first kappa shape index (κ1) is 12.6. The highest BCUT2D eigenvalue weighted by Crippen LogP contribution is 2.32. The predicted molar refractivity (Wildman–Crippen MR) is 77.1 cm³/mol. The largest absolute Gasteiger partial charge is 0.369 e. The van der Waals surface area contributed by atoms with E-state index in [1.165, 1.54) is 12.1 Å². The molecule has 0 aliphatic carbocycles. The summed E-state index contributed by atoms with van der Waals surface area (Å²) in [5, 5.41) is 0. The maximum Gasteiger partial charge on any atom is 0.196 e. The molecule has 2 aromatic rings. The van der Waals surface area contributed by atoms with Crippen LogP contribution in [0.2, 0.25) is 0 Å². The van der Waals surface area contributed by atoms with Crippen molar-refractivity contribution >= 4 is 11.6 Å². The van der Waals surface area contributed by atoms with Crippen molar-refractivity contribution in [1.82, 2.24) is 4.98 Å². The quantitative estimate of drug-likeness (QED) is 0.911. The highest BCUT2D eigenvalue weighted by molar-refractivity contribution is 5.97. The lowest BCUT2D eigenvalue weighted by Gasteiger charge is -2.27. The Hall–Kier alpha value is -2.43. The molecule has 0 bridgehead atoms. The van der Waals surface area contributed by atoms with E-state index < -0.39 is 0 Å². The normalized spacial score (nSPS) is 18.2. The van der Waals surface area contributed by atoms with Crippen LogP contribution in [0.25, 0.3) is 0 Å². The smallest absolute Gasteiger partial charge is 0.196 e. The second-order valence-corrected chi connectivity index (χ2v) is 4.80. The average Bonchev–Trinajstić information content (AvgIpc) is 2.81. The van der Waals surface area contributed by atoms with Crippen LogP contribution in [0.1, 0.15) is 17.2 Å². The summed E-state index contributed by atoms with van der Waals surface area (Å²) >= 11 is 0. The van der Waals surface area contributed by atoms with Crippen LogP contribution in [0, 0.1) is 12.7 Å². The first-order valence-corrected chi connectivity index (χ1v) is 6.42. The van der Waals surface area contributed by atoms with Gasteiger partial charge in [0.2, 0.25) is 0 Å². The van der Waals surface area contributed by atoms with Gasteiger partial charge in [-0.2, -0.15) is 0 Å². The summed E-state index contributed by atoms with van der Waals surface area (Å²) in [6, 6.07) is 8.29. The van der Waals surface area contributed by atoms with Gasteiger partial charge in [0.1, 0.15) is 5.82 Å². The second-order valence-electron chi connectivity index (χ2n) is 4.80. The molecule has 3 rings (SSSR count). The monoisotopic (exact) mass is 270 g/mol. The highest BCUT2D eigenvalue weighted by Gasteiger charge is 2.30. The number of aryl methyl sites for hydroxylation is 1. The Balaban J connectivity index is 2.03. The first-order valence-electron chi connectivity index (χ1n) is 6.42. The fourth-order valence-corrected chi connectivity index (χ4v) is 2.50. The molecule has 1 aliphatic rings. The summed E-state index contributed by atoms with van der Waals surface area (Å²) in [5.74, 6) is 0.118. The van der Waals surface area contributed by atoms with Gasteiger partial charge in [-0.25, -0.2) is 4.39 Å². The number of aliphatic imine (C=N–C) groups is 1. The molecule has 0 saturated heterocycles. The molecule has 0 amide bonds. The summed E-state index contributed by atoms with van der Waals surface area (Å²) in [6.07, 6.45) is 3.57. The van der Waals surface area contributed by atoms with E-state index in [2.05, 4.69) is 9.98 Å². The number of guanidine groups is 1. The Bertz CT molecular complexity index is 668. The Morgan fingerprint density at radius 3 is 2.95 bits per heavy atom. The minimum atomic E-state index is -0.288. The lowest BCUT2D eigenvalue weighted by atomic mass is 10.0. The van der Waals surface area contributed by atoms with Crippen molar-refractivity contribution in [2.75, 3.05) is 11.4 Å². The molecular formula is C15H15FN4. The summed E-state index contributed by atoms with van der Waals surface area (Å²) in [4.78, 5) is 10.3. The van der Waals surface area contributed by atoms with Crippen molar-refractivity contribution in [1.29, 1.82) is 0 Å². The van der Waals surface area contributed by atoms with Crippen LogP contribution in [-0.4, -0.2) is 17.5 Å². The SMILES string of the molecule is Cc1ccncc1C1CN=C(N)N1c1cccc(F)c1. The number of benzene rings is 1. The van der Waals surface area contributed by atoms with Crippen LogP contribution in [0.4, 0.5) is 10.1 Å². The number of anilines is 1. The highest BCUT2D eigenvalue weighted by atomic mass is 19.1. The lowest BCUT2D eigenvalue weighted by molar-refractivity contribution is 0.626. The second kappa shape index (κ2) is 4.92. The van der Waals surface area contributed by atoms with Crippen LogP contribution in [-0.2, 0) is 0 Å². The van der Waals surface area contributed by atoms with Gasteiger partial charge in [0.05, 0.1) is 12.6 Å². The molecule has 102 valence electrons. The third-order valence-electron chi connectivity index (χ3n) is 3.51. The van der Waals surface area contributed by atoms with Gasteiger partial charge in [0.15, 0.2) is 5.96 Å². The molecular weight excluding hydrogens is 255 g/mol. The number of nitrogens with zero attached hydrogens (tertiary/aromatic N) is 3. The van der Waals surface area contributed by atoms with Crippen molar-refractivity contribution in [2.24, 2.45) is 10.7 Å². The molecule has 4 nitrogen and oxygen atoms in total. The number of pyridine rings is 1. The molecule has 0 saturated carbocycles. The van der Waals surface area contributed by atoms with Gasteiger partial charge in [-0.3, -0.25) is 9.98 Å². The molecule has 1 aliphatic heterocycles. The van der Waals surface area contributed by atoms with E-state index in [1.807, 2.05) is 30.2 Å². The molecule has 2 N–H and O–H groups in total. The van der Waals surface area contributed by atoms with Crippen molar-refractivity contribution in [2.45, 2.75) is 13.0 Å². The van der Waals surface area contributed by atoms with Gasteiger partial charge >= 0.3 is 0 Å². The number of hydrogen-bond acceptors (Lipinski definition) is 4. The summed E-state index contributed by atoms with van der Waals surface area (Å²) in [6.45, 7) is 2.57. The van der Waals surface area contributed by atoms with Gasteiger partial charge in [-0.1, -0.05) is 6.07 Å². The maximum absolute atomic E-state index is 13.4. The zero-order valence-corrected chi connectivity index (χ0v) is 11.1. The van der Waals surface area contributed by atoms with E-state index in [0.717, 1.165) is 11.1 Å². The van der Waals surface area contributed by atoms with Gasteiger partial charge in [0, 0.05) is 18.1 Å². The summed E-state index contributed by atoms with van der Waals surface area (Å²) < 4.78 is 13.4. The van der Waals surface area contributed by atoms with Gasteiger partial charge in [-0.05, 0) is 42.3 Å². The number of hydrogen-bond donors (Lipinski definition) is 1. The Morgan fingerprint density at radius 1 is 1.35 bits per heavy atom. The third kappa shape index (κ3) is 2.11. The molecule has 2 heterocycles. The Morgan fingerprint density at radius 2 is 2.20 bits per heavy atom. The van der Waals surface area contributed by atoms with Crippen molar-refractivity contribution in [3.05, 3.63) is 59.7 Å². The van der Waals surface area contributed by atoms with Crippen LogP contribution in [0.3, 0.4) is 0 Å². The van der Waals surface area contributed by atoms with E-state index in [9.17, 15) is 4.39 Å². The molecule has 1 atom stereocenters. The van der Waals surface area contributed by atoms with E-state index in [-0.39, 0.29) is 11.9 Å². The molecule has 5 heteroatoms. The van der Waals surface area contributed by atoms with Crippen molar-refractivity contribution < 1.29 is 4.39 Å². The van der Waals surface area contributed by atoms with E-state index in [0.29, 0.717) is 18.2 Å². The number of nitrogens with two attached hydrogens (primary N) is 1. The standard InChI is InChI=1S/C15H15FN4/c1-10-5-6-18-8-13(10)14-9-19-15(17)20(14)12-4-2-3-11(16)7-12/h2-8,14H,9H2,1H3,(H2,17,19). The average molecular weight is 270 g/mol. The number of halogens is 1.